The smallest absolute Gasteiger partial charge is 0.241 e. The number of ether oxygens (including phenoxy) is 1. The number of carbonyl (C=O) groups excluding carboxylic acids is 1. The van der Waals surface area contributed by atoms with Crippen LogP contribution in [-0.4, -0.2) is 49.6 Å². The van der Waals surface area contributed by atoms with Crippen molar-refractivity contribution in [2.45, 2.75) is 33.7 Å². The van der Waals surface area contributed by atoms with Gasteiger partial charge in [-0.2, -0.15) is 0 Å². The van der Waals surface area contributed by atoms with E-state index in [-0.39, 0.29) is 11.9 Å². The van der Waals surface area contributed by atoms with Crippen LogP contribution in [0.1, 0.15) is 25.0 Å². The summed E-state index contributed by atoms with van der Waals surface area (Å²) >= 11 is 0. The van der Waals surface area contributed by atoms with Gasteiger partial charge in [0.25, 0.3) is 0 Å². The molecule has 1 atom stereocenters. The van der Waals surface area contributed by atoms with Crippen molar-refractivity contribution in [1.29, 1.82) is 0 Å². The molecule has 0 bridgehead atoms. The molecule has 3 rings (SSSR count). The molecule has 5 heteroatoms. The standard InChI is InChI=1S/C23H31N3O2/c1-5-28-22-12-7-6-10-20(22)24-23(27)19(4)25-13-15-26(16-14-25)21-11-8-9-17(2)18(21)3/h6-12,19H,5,13-16H2,1-4H3,(H,24,27)/t19-/m0/s1. The summed E-state index contributed by atoms with van der Waals surface area (Å²) < 4.78 is 5.61. The Morgan fingerprint density at radius 1 is 1.07 bits per heavy atom. The van der Waals surface area contributed by atoms with Crippen LogP contribution in [0.3, 0.4) is 0 Å². The van der Waals surface area contributed by atoms with E-state index >= 15 is 0 Å². The van der Waals surface area contributed by atoms with Crippen molar-refractivity contribution in [3.05, 3.63) is 53.6 Å². The van der Waals surface area contributed by atoms with Crippen molar-refractivity contribution in [2.75, 3.05) is 43.0 Å². The van der Waals surface area contributed by atoms with Gasteiger partial charge in [0.15, 0.2) is 0 Å². The van der Waals surface area contributed by atoms with E-state index < -0.39 is 0 Å². The molecule has 5 nitrogen and oxygen atoms in total. The lowest BCUT2D eigenvalue weighted by molar-refractivity contribution is -0.120. The number of rotatable bonds is 6. The first-order chi connectivity index (χ1) is 13.5. The van der Waals surface area contributed by atoms with Crippen molar-refractivity contribution in [2.24, 2.45) is 0 Å². The number of amides is 1. The zero-order valence-corrected chi connectivity index (χ0v) is 17.4. The van der Waals surface area contributed by atoms with Crippen LogP contribution in [0.2, 0.25) is 0 Å². The third kappa shape index (κ3) is 4.47. The summed E-state index contributed by atoms with van der Waals surface area (Å²) in [6.45, 7) is 12.4. The van der Waals surface area contributed by atoms with Crippen LogP contribution in [0.5, 0.6) is 5.75 Å². The van der Waals surface area contributed by atoms with E-state index in [0.29, 0.717) is 12.4 Å². The first kappa shape index (κ1) is 20.2. The highest BCUT2D eigenvalue weighted by atomic mass is 16.5. The molecule has 2 aromatic carbocycles. The maximum absolute atomic E-state index is 12.8. The molecule has 0 radical (unpaired) electrons. The zero-order valence-electron chi connectivity index (χ0n) is 17.4. The fraction of sp³-hybridized carbons (Fsp3) is 0.435. The first-order valence-electron chi connectivity index (χ1n) is 10.1. The van der Waals surface area contributed by atoms with E-state index in [1.165, 1.54) is 16.8 Å². The molecule has 150 valence electrons. The van der Waals surface area contributed by atoms with Gasteiger partial charge in [-0.15, -0.1) is 0 Å². The predicted octanol–water partition coefficient (Wildman–Crippen LogP) is 3.85. The quantitative estimate of drug-likeness (QED) is 0.825. The molecular formula is C23H31N3O2. The fourth-order valence-electron chi connectivity index (χ4n) is 3.68. The second kappa shape index (κ2) is 9.11. The number of aryl methyl sites for hydroxylation is 1. The lowest BCUT2D eigenvalue weighted by atomic mass is 10.1. The molecule has 0 spiro atoms. The highest BCUT2D eigenvalue weighted by molar-refractivity contribution is 5.95. The molecule has 1 aliphatic rings. The Balaban J connectivity index is 1.60. The Morgan fingerprint density at radius 3 is 2.50 bits per heavy atom. The molecule has 1 heterocycles. The van der Waals surface area contributed by atoms with Crippen molar-refractivity contribution in [3.8, 4) is 5.75 Å². The van der Waals surface area contributed by atoms with Gasteiger partial charge in [-0.25, -0.2) is 0 Å². The summed E-state index contributed by atoms with van der Waals surface area (Å²) in [4.78, 5) is 17.5. The number of hydrogen-bond donors (Lipinski definition) is 1. The Kier molecular flexibility index (Phi) is 6.57. The topological polar surface area (TPSA) is 44.8 Å². The Labute approximate surface area is 168 Å². The molecule has 1 aliphatic heterocycles. The number of nitrogens with one attached hydrogen (secondary N) is 1. The van der Waals surface area contributed by atoms with Gasteiger partial charge < -0.3 is 15.0 Å². The number of anilines is 2. The minimum absolute atomic E-state index is 0.00680. The molecule has 1 amide bonds. The second-order valence-electron chi connectivity index (χ2n) is 7.34. The summed E-state index contributed by atoms with van der Waals surface area (Å²) in [5, 5.41) is 3.03. The Morgan fingerprint density at radius 2 is 1.79 bits per heavy atom. The fourth-order valence-corrected chi connectivity index (χ4v) is 3.68. The second-order valence-corrected chi connectivity index (χ2v) is 7.34. The zero-order chi connectivity index (χ0) is 20.1. The molecule has 2 aromatic rings. The van der Waals surface area contributed by atoms with E-state index in [9.17, 15) is 4.79 Å². The SMILES string of the molecule is CCOc1ccccc1NC(=O)[C@H](C)N1CCN(c2cccc(C)c2C)CC1. The van der Waals surface area contributed by atoms with Crippen molar-refractivity contribution in [1.82, 2.24) is 4.90 Å². The normalized spacial score (nSPS) is 15.9. The van der Waals surface area contributed by atoms with Crippen molar-refractivity contribution in [3.63, 3.8) is 0 Å². The third-order valence-corrected chi connectivity index (χ3v) is 5.60. The average molecular weight is 382 g/mol. The minimum Gasteiger partial charge on any atom is -0.492 e. The van der Waals surface area contributed by atoms with E-state index in [4.69, 9.17) is 4.74 Å². The van der Waals surface area contributed by atoms with E-state index in [2.05, 4.69) is 47.2 Å². The van der Waals surface area contributed by atoms with Gasteiger partial charge in [-0.1, -0.05) is 24.3 Å². The molecule has 0 unspecified atom stereocenters. The summed E-state index contributed by atoms with van der Waals surface area (Å²) in [6, 6.07) is 13.9. The highest BCUT2D eigenvalue weighted by Crippen LogP contribution is 2.26. The molecule has 1 N–H and O–H groups in total. The molecule has 1 fully saturated rings. The van der Waals surface area contributed by atoms with Crippen molar-refractivity contribution < 1.29 is 9.53 Å². The molecule has 0 aromatic heterocycles. The molecule has 28 heavy (non-hydrogen) atoms. The molecule has 0 aliphatic carbocycles. The lowest BCUT2D eigenvalue weighted by Crippen LogP contribution is -2.53. The third-order valence-electron chi connectivity index (χ3n) is 5.60. The maximum Gasteiger partial charge on any atom is 0.241 e. The first-order valence-corrected chi connectivity index (χ1v) is 10.1. The summed E-state index contributed by atoms with van der Waals surface area (Å²) in [6.07, 6.45) is 0. The minimum atomic E-state index is -0.185. The van der Waals surface area contributed by atoms with Crippen LogP contribution in [-0.2, 0) is 4.79 Å². The van der Waals surface area contributed by atoms with Gasteiger partial charge in [0.05, 0.1) is 18.3 Å². The molecule has 1 saturated heterocycles. The van der Waals surface area contributed by atoms with Crippen LogP contribution < -0.4 is 15.0 Å². The van der Waals surface area contributed by atoms with Gasteiger partial charge in [-0.3, -0.25) is 9.69 Å². The maximum atomic E-state index is 12.8. The van der Waals surface area contributed by atoms with Crippen LogP contribution in [0.15, 0.2) is 42.5 Å². The average Bonchev–Trinajstić information content (AvgIpc) is 2.71. The van der Waals surface area contributed by atoms with Gasteiger partial charge in [0.1, 0.15) is 5.75 Å². The van der Waals surface area contributed by atoms with Crippen LogP contribution in [0.25, 0.3) is 0 Å². The summed E-state index contributed by atoms with van der Waals surface area (Å²) in [5.41, 5.74) is 4.70. The number of hydrogen-bond acceptors (Lipinski definition) is 4. The predicted molar refractivity (Wildman–Crippen MR) is 115 cm³/mol. The monoisotopic (exact) mass is 381 g/mol. The van der Waals surface area contributed by atoms with Crippen LogP contribution >= 0.6 is 0 Å². The van der Waals surface area contributed by atoms with Gasteiger partial charge >= 0.3 is 0 Å². The van der Waals surface area contributed by atoms with E-state index in [0.717, 1.165) is 31.9 Å². The van der Waals surface area contributed by atoms with E-state index in [1.54, 1.807) is 0 Å². The highest BCUT2D eigenvalue weighted by Gasteiger charge is 2.26. The number of piperazine rings is 1. The Bertz CT molecular complexity index is 813. The number of nitrogens with zero attached hydrogens (tertiary/aromatic N) is 2. The molecular weight excluding hydrogens is 350 g/mol. The van der Waals surface area contributed by atoms with Crippen LogP contribution in [0, 0.1) is 13.8 Å². The lowest BCUT2D eigenvalue weighted by Gasteiger charge is -2.39. The van der Waals surface area contributed by atoms with Crippen LogP contribution in [0.4, 0.5) is 11.4 Å². The Hall–Kier alpha value is -2.53. The summed E-state index contributed by atoms with van der Waals surface area (Å²) in [5.74, 6) is 0.720. The van der Waals surface area contributed by atoms with Gasteiger partial charge in [0, 0.05) is 31.9 Å². The largest absolute Gasteiger partial charge is 0.492 e. The molecule has 0 saturated carbocycles. The number of para-hydroxylation sites is 2. The number of benzene rings is 2. The van der Waals surface area contributed by atoms with Gasteiger partial charge in [-0.05, 0) is 57.0 Å². The van der Waals surface area contributed by atoms with E-state index in [1.807, 2.05) is 38.1 Å². The van der Waals surface area contributed by atoms with Gasteiger partial charge in [0.2, 0.25) is 5.91 Å². The summed E-state index contributed by atoms with van der Waals surface area (Å²) in [7, 11) is 0. The number of carbonyl (C=O) groups is 1. The van der Waals surface area contributed by atoms with Crippen molar-refractivity contribution >= 4 is 17.3 Å².